The summed E-state index contributed by atoms with van der Waals surface area (Å²) in [6, 6.07) is 0.323. The molecule has 0 aromatic heterocycles. The van der Waals surface area contributed by atoms with E-state index >= 15 is 0 Å². The maximum absolute atomic E-state index is 10.8. The lowest BCUT2D eigenvalue weighted by atomic mass is 10.1. The predicted octanol–water partition coefficient (Wildman–Crippen LogP) is 2.41. The molecule has 0 heterocycles. The maximum Gasteiger partial charge on any atom is 0.452 e. The van der Waals surface area contributed by atoms with Gasteiger partial charge in [0.05, 0.1) is 6.61 Å². The van der Waals surface area contributed by atoms with Crippen molar-refractivity contribution in [1.82, 2.24) is 4.90 Å². The van der Waals surface area contributed by atoms with Crippen LogP contribution in [0, 0.1) is 0 Å². The van der Waals surface area contributed by atoms with Crippen LogP contribution in [0.1, 0.15) is 19.8 Å². The van der Waals surface area contributed by atoms with E-state index in [0.717, 1.165) is 6.42 Å². The van der Waals surface area contributed by atoms with Gasteiger partial charge in [0.25, 0.3) is 0 Å². The van der Waals surface area contributed by atoms with Gasteiger partial charge < -0.3 is 14.7 Å². The number of carbonyl (C=O) groups excluding carboxylic acids is 1. The highest BCUT2D eigenvalue weighted by Crippen LogP contribution is 2.04. The molecule has 0 saturated heterocycles. The van der Waals surface area contributed by atoms with Gasteiger partial charge in [-0.05, 0) is 26.9 Å². The number of azo groups is 1. The third-order valence-electron chi connectivity index (χ3n) is 2.10. The van der Waals surface area contributed by atoms with Crippen LogP contribution in [-0.2, 0) is 4.74 Å². The van der Waals surface area contributed by atoms with Gasteiger partial charge in [-0.15, -0.1) is 12.4 Å². The first-order valence-electron chi connectivity index (χ1n) is 4.95. The molecule has 17 heavy (non-hydrogen) atoms. The summed E-state index contributed by atoms with van der Waals surface area (Å²) < 4.78 is 4.69. The smallest absolute Gasteiger partial charge is 0.452 e. The summed E-state index contributed by atoms with van der Waals surface area (Å²) in [6.45, 7) is 2.24. The largest absolute Gasteiger partial charge is 0.462 e. The Hall–Kier alpha value is -1.21. The van der Waals surface area contributed by atoms with Crippen LogP contribution < -0.4 is 0 Å². The van der Waals surface area contributed by atoms with E-state index in [2.05, 4.69) is 15.0 Å². The van der Waals surface area contributed by atoms with Crippen LogP contribution in [0.3, 0.4) is 0 Å². The van der Waals surface area contributed by atoms with E-state index in [4.69, 9.17) is 5.11 Å². The molecule has 8 heteroatoms. The van der Waals surface area contributed by atoms with Crippen LogP contribution in [0.5, 0.6) is 0 Å². The van der Waals surface area contributed by atoms with E-state index in [1.807, 2.05) is 25.9 Å². The first kappa shape index (κ1) is 18.2. The molecule has 0 fully saturated rings. The Balaban J connectivity index is 0. The van der Waals surface area contributed by atoms with Crippen molar-refractivity contribution in [2.75, 3.05) is 20.7 Å². The van der Waals surface area contributed by atoms with Crippen molar-refractivity contribution in [3.05, 3.63) is 0 Å². The van der Waals surface area contributed by atoms with Crippen molar-refractivity contribution in [2.45, 2.75) is 25.8 Å². The number of hydrogen-bond donors (Lipinski definition) is 1. The number of halogens is 1. The summed E-state index contributed by atoms with van der Waals surface area (Å²) in [5.41, 5.74) is 0. The highest BCUT2D eigenvalue weighted by atomic mass is 35.5. The Bertz CT molecular complexity index is 271. The fourth-order valence-corrected chi connectivity index (χ4v) is 1.22. The van der Waals surface area contributed by atoms with Crippen molar-refractivity contribution in [3.8, 4) is 0 Å². The zero-order valence-electron chi connectivity index (χ0n) is 10.1. The predicted molar refractivity (Wildman–Crippen MR) is 63.9 cm³/mol. The van der Waals surface area contributed by atoms with E-state index in [-0.39, 0.29) is 19.0 Å². The van der Waals surface area contributed by atoms with E-state index in [1.54, 1.807) is 0 Å². The molecule has 2 amide bonds. The number of nitrogens with zero attached hydrogens (tertiary/aromatic N) is 3. The lowest BCUT2D eigenvalue weighted by Gasteiger charge is -2.22. The Kier molecular flexibility index (Phi) is 10.7. The Labute approximate surface area is 106 Å². The van der Waals surface area contributed by atoms with Crippen LogP contribution >= 0.6 is 12.4 Å². The molecule has 0 bridgehead atoms. The molecular weight excluding hydrogens is 250 g/mol. The summed E-state index contributed by atoms with van der Waals surface area (Å²) in [6.07, 6.45) is -0.869. The molecule has 1 unspecified atom stereocenters. The highest BCUT2D eigenvalue weighted by Gasteiger charge is 2.09. The summed E-state index contributed by atoms with van der Waals surface area (Å²) in [5, 5.41) is 13.6. The fraction of sp³-hybridized carbons (Fsp3) is 0.778. The van der Waals surface area contributed by atoms with E-state index in [1.165, 1.54) is 0 Å². The molecule has 0 aliphatic carbocycles. The summed E-state index contributed by atoms with van der Waals surface area (Å²) in [7, 11) is 3.89. The van der Waals surface area contributed by atoms with E-state index < -0.39 is 12.2 Å². The summed E-state index contributed by atoms with van der Waals surface area (Å²) in [4.78, 5) is 22.8. The molecule has 7 nitrogen and oxygen atoms in total. The third kappa shape index (κ3) is 9.70. The van der Waals surface area contributed by atoms with Crippen LogP contribution in [0.25, 0.3) is 0 Å². The summed E-state index contributed by atoms with van der Waals surface area (Å²) >= 11 is 0. The van der Waals surface area contributed by atoms with Gasteiger partial charge in [0.15, 0.2) is 0 Å². The summed E-state index contributed by atoms with van der Waals surface area (Å²) in [5.74, 6) is 0. The average Bonchev–Trinajstić information content (AvgIpc) is 2.20. The Morgan fingerprint density at radius 2 is 1.94 bits per heavy atom. The normalized spacial score (nSPS) is 12.2. The minimum atomic E-state index is -1.52. The lowest BCUT2D eigenvalue weighted by molar-refractivity contribution is 0.138. The van der Waals surface area contributed by atoms with E-state index in [9.17, 15) is 9.59 Å². The quantitative estimate of drug-likeness (QED) is 0.772. The van der Waals surface area contributed by atoms with Crippen molar-refractivity contribution in [3.63, 3.8) is 0 Å². The van der Waals surface area contributed by atoms with Gasteiger partial charge in [-0.2, -0.15) is 0 Å². The minimum Gasteiger partial charge on any atom is -0.462 e. The van der Waals surface area contributed by atoms with Gasteiger partial charge in [0, 0.05) is 6.04 Å². The van der Waals surface area contributed by atoms with Crippen LogP contribution in [0.15, 0.2) is 10.2 Å². The second-order valence-electron chi connectivity index (χ2n) is 3.41. The standard InChI is InChI=1S/C9H17N3O4.ClH/c1-4-7(12(2)3)5-6-16-9(15)11-10-8(13)14;/h7H,4-6H2,1-3H3,(H,13,14);1H. The lowest BCUT2D eigenvalue weighted by Crippen LogP contribution is -2.28. The molecule has 0 aromatic carbocycles. The second-order valence-corrected chi connectivity index (χ2v) is 3.41. The van der Waals surface area contributed by atoms with Crippen molar-refractivity contribution >= 4 is 24.6 Å². The van der Waals surface area contributed by atoms with Crippen molar-refractivity contribution < 1.29 is 19.4 Å². The van der Waals surface area contributed by atoms with Crippen LogP contribution in [0.4, 0.5) is 9.59 Å². The average molecular weight is 268 g/mol. The van der Waals surface area contributed by atoms with Crippen LogP contribution in [-0.4, -0.2) is 48.9 Å². The number of carbonyl (C=O) groups is 2. The van der Waals surface area contributed by atoms with Gasteiger partial charge >= 0.3 is 12.2 Å². The molecular formula is C9H18ClN3O4. The van der Waals surface area contributed by atoms with Gasteiger partial charge in [0.1, 0.15) is 0 Å². The minimum absolute atomic E-state index is 0. The molecule has 1 atom stereocenters. The molecule has 0 aliphatic rings. The monoisotopic (exact) mass is 267 g/mol. The molecule has 0 aliphatic heterocycles. The molecule has 0 saturated carbocycles. The number of carboxylic acid groups (broad SMARTS) is 1. The zero-order valence-corrected chi connectivity index (χ0v) is 10.9. The molecule has 100 valence electrons. The second kappa shape index (κ2) is 9.98. The van der Waals surface area contributed by atoms with Crippen LogP contribution in [0.2, 0.25) is 0 Å². The molecule has 0 radical (unpaired) electrons. The zero-order chi connectivity index (χ0) is 12.6. The number of hydrogen-bond acceptors (Lipinski definition) is 4. The van der Waals surface area contributed by atoms with Crippen molar-refractivity contribution in [2.24, 2.45) is 10.2 Å². The topological polar surface area (TPSA) is 91.6 Å². The number of ether oxygens (including phenoxy) is 1. The molecule has 0 rings (SSSR count). The highest BCUT2D eigenvalue weighted by molar-refractivity contribution is 5.85. The first-order valence-corrected chi connectivity index (χ1v) is 4.95. The fourth-order valence-electron chi connectivity index (χ4n) is 1.22. The number of rotatable bonds is 5. The number of amides is 2. The van der Waals surface area contributed by atoms with Crippen molar-refractivity contribution in [1.29, 1.82) is 0 Å². The van der Waals surface area contributed by atoms with Gasteiger partial charge in [-0.25, -0.2) is 9.59 Å². The van der Waals surface area contributed by atoms with Gasteiger partial charge in [-0.1, -0.05) is 17.2 Å². The molecule has 0 spiro atoms. The third-order valence-corrected chi connectivity index (χ3v) is 2.10. The Morgan fingerprint density at radius 3 is 2.35 bits per heavy atom. The van der Waals surface area contributed by atoms with Gasteiger partial charge in [0.2, 0.25) is 0 Å². The van der Waals surface area contributed by atoms with Gasteiger partial charge in [-0.3, -0.25) is 0 Å². The van der Waals surface area contributed by atoms with E-state index in [0.29, 0.717) is 12.5 Å². The molecule has 1 N–H and O–H groups in total. The SMILES string of the molecule is CCC(CCOC(=O)N=NC(=O)O)N(C)C.Cl. The maximum atomic E-state index is 10.8. The Morgan fingerprint density at radius 1 is 1.35 bits per heavy atom. The first-order chi connectivity index (χ1) is 7.47. The molecule has 0 aromatic rings.